The molecule has 0 amide bonds. The van der Waals surface area contributed by atoms with Gasteiger partial charge >= 0.3 is 0 Å². The molecule has 1 unspecified atom stereocenters. The summed E-state index contributed by atoms with van der Waals surface area (Å²) >= 11 is 5.85. The first-order chi connectivity index (χ1) is 8.97. The van der Waals surface area contributed by atoms with Gasteiger partial charge in [-0.15, -0.1) is 0 Å². The van der Waals surface area contributed by atoms with Crippen LogP contribution in [0.3, 0.4) is 0 Å². The highest BCUT2D eigenvalue weighted by molar-refractivity contribution is 7.92. The van der Waals surface area contributed by atoms with E-state index in [1.54, 1.807) is 30.3 Å². The van der Waals surface area contributed by atoms with Crippen molar-refractivity contribution in [3.05, 3.63) is 40.3 Å². The van der Waals surface area contributed by atoms with Gasteiger partial charge in [0.05, 0.1) is 0 Å². The van der Waals surface area contributed by atoms with E-state index in [-0.39, 0.29) is 6.04 Å². The average molecular weight is 301 g/mol. The van der Waals surface area contributed by atoms with Crippen LogP contribution in [0.5, 0.6) is 0 Å². The molecule has 0 aromatic heterocycles. The van der Waals surface area contributed by atoms with Gasteiger partial charge in [0.15, 0.2) is 0 Å². The van der Waals surface area contributed by atoms with E-state index in [2.05, 4.69) is 0 Å². The van der Waals surface area contributed by atoms with Crippen LogP contribution < -0.4 is 5.73 Å². The van der Waals surface area contributed by atoms with Crippen LogP contribution in [0.4, 0.5) is 0 Å². The van der Waals surface area contributed by atoms with Gasteiger partial charge in [0.1, 0.15) is 0 Å². The van der Waals surface area contributed by atoms with Crippen LogP contribution in [0.15, 0.2) is 29.7 Å². The topological polar surface area (TPSA) is 63.4 Å². The third-order valence-electron chi connectivity index (χ3n) is 3.06. The molecule has 19 heavy (non-hydrogen) atoms. The maximum Gasteiger partial charge on any atom is 0.236 e. The highest BCUT2D eigenvalue weighted by Gasteiger charge is 2.25. The summed E-state index contributed by atoms with van der Waals surface area (Å²) in [5.41, 5.74) is 6.56. The summed E-state index contributed by atoms with van der Waals surface area (Å²) in [6.45, 7) is 0.929. The molecular formula is C13H17ClN2O2S. The van der Waals surface area contributed by atoms with Gasteiger partial charge in [-0.2, -0.15) is 4.31 Å². The number of nitrogens with two attached hydrogens (primary N) is 1. The van der Waals surface area contributed by atoms with Gasteiger partial charge in [0.2, 0.25) is 10.0 Å². The van der Waals surface area contributed by atoms with Crippen LogP contribution in [0.25, 0.3) is 6.08 Å². The minimum atomic E-state index is -3.40. The molecule has 0 saturated carbocycles. The van der Waals surface area contributed by atoms with Gasteiger partial charge in [-0.1, -0.05) is 23.7 Å². The molecule has 1 aliphatic heterocycles. The lowest BCUT2D eigenvalue weighted by atomic mass is 10.1. The molecule has 1 fully saturated rings. The lowest BCUT2D eigenvalue weighted by molar-refractivity contribution is 0.319. The first-order valence-electron chi connectivity index (χ1n) is 6.17. The van der Waals surface area contributed by atoms with Crippen molar-refractivity contribution in [1.29, 1.82) is 0 Å². The molecule has 1 aromatic carbocycles. The van der Waals surface area contributed by atoms with Gasteiger partial charge in [0, 0.05) is 29.6 Å². The summed E-state index contributed by atoms with van der Waals surface area (Å²) in [6.07, 6.45) is 3.25. The molecule has 1 saturated heterocycles. The Kier molecular flexibility index (Phi) is 4.62. The van der Waals surface area contributed by atoms with Crippen LogP contribution in [0.2, 0.25) is 5.02 Å². The fourth-order valence-corrected chi connectivity index (χ4v) is 3.55. The Morgan fingerprint density at radius 2 is 2.21 bits per heavy atom. The van der Waals surface area contributed by atoms with Gasteiger partial charge in [0.25, 0.3) is 0 Å². The zero-order valence-corrected chi connectivity index (χ0v) is 12.1. The first kappa shape index (κ1) is 14.5. The van der Waals surface area contributed by atoms with Crippen molar-refractivity contribution in [2.75, 3.05) is 13.1 Å². The Balaban J connectivity index is 2.12. The first-order valence-corrected chi connectivity index (χ1v) is 8.05. The molecule has 1 atom stereocenters. The summed E-state index contributed by atoms with van der Waals surface area (Å²) in [6, 6.07) is 6.99. The molecule has 2 N–H and O–H groups in total. The summed E-state index contributed by atoms with van der Waals surface area (Å²) in [7, 11) is -3.40. The van der Waals surface area contributed by atoms with Gasteiger partial charge in [-0.05, 0) is 36.6 Å². The zero-order chi connectivity index (χ0) is 13.9. The maximum atomic E-state index is 12.1. The Labute approximate surface area is 118 Å². The van der Waals surface area contributed by atoms with Crippen molar-refractivity contribution >= 4 is 27.7 Å². The third kappa shape index (κ3) is 4.04. The van der Waals surface area contributed by atoms with E-state index in [1.165, 1.54) is 9.71 Å². The van der Waals surface area contributed by atoms with E-state index in [4.69, 9.17) is 17.3 Å². The average Bonchev–Trinajstić information content (AvgIpc) is 2.37. The van der Waals surface area contributed by atoms with E-state index in [1.807, 2.05) is 0 Å². The fourth-order valence-electron chi connectivity index (χ4n) is 2.07. The van der Waals surface area contributed by atoms with Crippen LogP contribution in [0.1, 0.15) is 18.4 Å². The van der Waals surface area contributed by atoms with Crippen LogP contribution in [-0.2, 0) is 10.0 Å². The van der Waals surface area contributed by atoms with E-state index >= 15 is 0 Å². The number of benzene rings is 1. The Morgan fingerprint density at radius 3 is 2.89 bits per heavy atom. The van der Waals surface area contributed by atoms with Crippen molar-refractivity contribution in [3.63, 3.8) is 0 Å². The Bertz CT molecular complexity index is 572. The highest BCUT2D eigenvalue weighted by atomic mass is 35.5. The molecule has 1 aliphatic rings. The fraction of sp³-hybridized carbons (Fsp3) is 0.385. The number of hydrogen-bond donors (Lipinski definition) is 1. The standard InChI is InChI=1S/C13H17ClN2O2S/c14-12-4-1-3-11(9-12)6-8-19(17,18)16-7-2-5-13(15)10-16/h1,3-4,6,8-9,13H,2,5,7,10,15H2. The molecule has 1 heterocycles. The molecule has 104 valence electrons. The van der Waals surface area contributed by atoms with E-state index in [0.29, 0.717) is 18.1 Å². The van der Waals surface area contributed by atoms with E-state index in [9.17, 15) is 8.42 Å². The molecular weight excluding hydrogens is 284 g/mol. The Hall–Kier alpha value is -0.880. The molecule has 2 rings (SSSR count). The predicted octanol–water partition coefficient (Wildman–Crippen LogP) is 2.06. The second-order valence-electron chi connectivity index (χ2n) is 4.66. The maximum absolute atomic E-state index is 12.1. The monoisotopic (exact) mass is 300 g/mol. The molecule has 0 bridgehead atoms. The van der Waals surface area contributed by atoms with Crippen LogP contribution >= 0.6 is 11.6 Å². The SMILES string of the molecule is NC1CCCN(S(=O)(=O)C=Cc2cccc(Cl)c2)C1. The van der Waals surface area contributed by atoms with Crippen molar-refractivity contribution in [3.8, 4) is 0 Å². The van der Waals surface area contributed by atoms with Crippen LogP contribution in [-0.4, -0.2) is 31.9 Å². The molecule has 0 spiro atoms. The lowest BCUT2D eigenvalue weighted by Crippen LogP contribution is -2.44. The predicted molar refractivity (Wildman–Crippen MR) is 78.2 cm³/mol. The van der Waals surface area contributed by atoms with E-state index < -0.39 is 10.0 Å². The second-order valence-corrected chi connectivity index (χ2v) is 6.92. The number of halogens is 1. The van der Waals surface area contributed by atoms with Gasteiger partial charge < -0.3 is 5.73 Å². The minimum Gasteiger partial charge on any atom is -0.327 e. The lowest BCUT2D eigenvalue weighted by Gasteiger charge is -2.28. The summed E-state index contributed by atoms with van der Waals surface area (Å²) in [5, 5.41) is 1.80. The number of piperidine rings is 1. The smallest absolute Gasteiger partial charge is 0.236 e. The third-order valence-corrected chi connectivity index (χ3v) is 4.83. The van der Waals surface area contributed by atoms with Crippen molar-refractivity contribution in [2.45, 2.75) is 18.9 Å². The second kappa shape index (κ2) is 6.05. The van der Waals surface area contributed by atoms with Gasteiger partial charge in [-0.3, -0.25) is 0 Å². The van der Waals surface area contributed by atoms with Gasteiger partial charge in [-0.25, -0.2) is 8.42 Å². The molecule has 6 heteroatoms. The zero-order valence-electron chi connectivity index (χ0n) is 10.5. The minimum absolute atomic E-state index is 0.0666. The molecule has 0 radical (unpaired) electrons. The molecule has 1 aromatic rings. The molecule has 0 aliphatic carbocycles. The van der Waals surface area contributed by atoms with Crippen LogP contribution in [0, 0.1) is 0 Å². The number of sulfonamides is 1. The van der Waals surface area contributed by atoms with Crippen molar-refractivity contribution in [2.24, 2.45) is 5.73 Å². The quantitative estimate of drug-likeness (QED) is 0.929. The van der Waals surface area contributed by atoms with E-state index in [0.717, 1.165) is 18.4 Å². The van der Waals surface area contributed by atoms with Crippen molar-refractivity contribution < 1.29 is 8.42 Å². The van der Waals surface area contributed by atoms with Crippen molar-refractivity contribution in [1.82, 2.24) is 4.31 Å². The normalized spacial score (nSPS) is 21.9. The number of rotatable bonds is 3. The molecule has 4 nitrogen and oxygen atoms in total. The number of hydrogen-bond acceptors (Lipinski definition) is 3. The summed E-state index contributed by atoms with van der Waals surface area (Å²) in [5.74, 6) is 0. The highest BCUT2D eigenvalue weighted by Crippen LogP contribution is 2.16. The summed E-state index contributed by atoms with van der Waals surface area (Å²) in [4.78, 5) is 0. The Morgan fingerprint density at radius 1 is 1.42 bits per heavy atom. The number of nitrogens with zero attached hydrogens (tertiary/aromatic N) is 1. The largest absolute Gasteiger partial charge is 0.327 e. The summed E-state index contributed by atoms with van der Waals surface area (Å²) < 4.78 is 25.7.